The lowest BCUT2D eigenvalue weighted by molar-refractivity contribution is 0.328. The first-order chi connectivity index (χ1) is 7.56. The van der Waals surface area contributed by atoms with Crippen molar-refractivity contribution in [3.63, 3.8) is 0 Å². The van der Waals surface area contributed by atoms with Gasteiger partial charge in [0.1, 0.15) is 5.82 Å². The van der Waals surface area contributed by atoms with Crippen LogP contribution in [-0.2, 0) is 0 Å². The van der Waals surface area contributed by atoms with Crippen molar-refractivity contribution in [2.45, 2.75) is 12.8 Å². The number of benzene rings is 1. The van der Waals surface area contributed by atoms with Crippen LogP contribution in [0.15, 0.2) is 6.07 Å². The monoisotopic (exact) mass is 231 g/mol. The Morgan fingerprint density at radius 2 is 1.75 bits per heavy atom. The van der Waals surface area contributed by atoms with Crippen molar-refractivity contribution in [1.29, 1.82) is 0 Å². The lowest BCUT2D eigenvalue weighted by Gasteiger charge is -2.18. The maximum atomic E-state index is 13.6. The molecule has 0 heterocycles. The van der Waals surface area contributed by atoms with Gasteiger partial charge in [-0.1, -0.05) is 6.92 Å². The highest BCUT2D eigenvalue weighted by molar-refractivity contribution is 5.50. The van der Waals surface area contributed by atoms with Gasteiger partial charge in [-0.2, -0.15) is 0 Å². The molecule has 1 rings (SSSR count). The number of hydrogen-bond acceptors (Lipinski definition) is 3. The Kier molecular flexibility index (Phi) is 4.06. The molecule has 90 valence electrons. The van der Waals surface area contributed by atoms with Crippen LogP contribution in [0.4, 0.5) is 8.78 Å². The van der Waals surface area contributed by atoms with E-state index in [-0.39, 0.29) is 29.5 Å². The van der Waals surface area contributed by atoms with Crippen molar-refractivity contribution >= 4 is 0 Å². The van der Waals surface area contributed by atoms with Crippen molar-refractivity contribution in [3.8, 4) is 11.5 Å². The van der Waals surface area contributed by atoms with Crippen molar-refractivity contribution in [2.24, 2.45) is 5.73 Å². The Bertz CT molecular complexity index is 383. The third-order valence-corrected chi connectivity index (χ3v) is 2.43. The highest BCUT2D eigenvalue weighted by Gasteiger charge is 2.23. The minimum Gasteiger partial charge on any atom is -0.492 e. The van der Waals surface area contributed by atoms with Gasteiger partial charge in [-0.3, -0.25) is 0 Å². The van der Waals surface area contributed by atoms with Gasteiger partial charge in [-0.25, -0.2) is 8.78 Å². The van der Waals surface area contributed by atoms with Gasteiger partial charge < -0.3 is 15.2 Å². The summed E-state index contributed by atoms with van der Waals surface area (Å²) in [6, 6.07) is 0.781. The number of rotatable bonds is 4. The Morgan fingerprint density at radius 3 is 2.19 bits per heavy atom. The minimum atomic E-state index is -0.787. The van der Waals surface area contributed by atoms with Gasteiger partial charge in [0, 0.05) is 17.5 Å². The molecule has 16 heavy (non-hydrogen) atoms. The van der Waals surface area contributed by atoms with Crippen molar-refractivity contribution in [3.05, 3.63) is 23.3 Å². The molecule has 2 N–H and O–H groups in total. The Morgan fingerprint density at radius 1 is 1.19 bits per heavy atom. The zero-order chi connectivity index (χ0) is 12.3. The number of nitrogens with two attached hydrogens (primary N) is 1. The van der Waals surface area contributed by atoms with Crippen LogP contribution in [0, 0.1) is 11.6 Å². The fourth-order valence-electron chi connectivity index (χ4n) is 1.56. The van der Waals surface area contributed by atoms with Gasteiger partial charge in [0.2, 0.25) is 0 Å². The summed E-state index contributed by atoms with van der Waals surface area (Å²) < 4.78 is 36.8. The quantitative estimate of drug-likeness (QED) is 0.862. The zero-order valence-corrected chi connectivity index (χ0v) is 9.51. The van der Waals surface area contributed by atoms with Crippen LogP contribution < -0.4 is 15.2 Å². The lowest BCUT2D eigenvalue weighted by atomic mass is 9.99. The third-order valence-electron chi connectivity index (χ3n) is 2.43. The fourth-order valence-corrected chi connectivity index (χ4v) is 1.56. The van der Waals surface area contributed by atoms with E-state index in [2.05, 4.69) is 0 Å². The van der Waals surface area contributed by atoms with E-state index in [1.165, 1.54) is 14.2 Å². The van der Waals surface area contributed by atoms with E-state index in [0.717, 1.165) is 6.07 Å². The van der Waals surface area contributed by atoms with Gasteiger partial charge >= 0.3 is 0 Å². The average Bonchev–Trinajstić information content (AvgIpc) is 2.27. The number of halogens is 2. The minimum absolute atomic E-state index is 0.0675. The normalized spacial score (nSPS) is 12.4. The summed E-state index contributed by atoms with van der Waals surface area (Å²) in [6.07, 6.45) is 0. The highest BCUT2D eigenvalue weighted by Crippen LogP contribution is 2.39. The molecule has 0 spiro atoms. The largest absolute Gasteiger partial charge is 0.492 e. The van der Waals surface area contributed by atoms with Crippen molar-refractivity contribution < 1.29 is 18.3 Å². The molecule has 0 radical (unpaired) electrons. The van der Waals surface area contributed by atoms with E-state index < -0.39 is 11.6 Å². The first-order valence-corrected chi connectivity index (χ1v) is 4.86. The third kappa shape index (κ3) is 2.09. The molecule has 0 aliphatic rings. The predicted octanol–water partition coefficient (Wildman–Crippen LogP) is 2.04. The van der Waals surface area contributed by atoms with E-state index in [9.17, 15) is 8.78 Å². The van der Waals surface area contributed by atoms with Gasteiger partial charge in [-0.15, -0.1) is 0 Å². The lowest BCUT2D eigenvalue weighted by Crippen LogP contribution is -2.13. The summed E-state index contributed by atoms with van der Waals surface area (Å²) >= 11 is 0. The highest BCUT2D eigenvalue weighted by atomic mass is 19.1. The molecule has 1 atom stereocenters. The summed E-state index contributed by atoms with van der Waals surface area (Å²) in [4.78, 5) is 0. The van der Waals surface area contributed by atoms with E-state index in [1.807, 2.05) is 0 Å². The zero-order valence-electron chi connectivity index (χ0n) is 9.51. The Hall–Kier alpha value is -1.36. The molecule has 0 aliphatic heterocycles. The van der Waals surface area contributed by atoms with Gasteiger partial charge in [0.25, 0.3) is 0 Å². The second kappa shape index (κ2) is 5.12. The summed E-state index contributed by atoms with van der Waals surface area (Å²) in [7, 11) is 2.64. The SMILES string of the molecule is COc1c(F)cc(F)c(C(C)CN)c1OC. The Labute approximate surface area is 93.2 Å². The molecule has 0 aromatic heterocycles. The molecule has 0 saturated carbocycles. The van der Waals surface area contributed by atoms with Crippen LogP contribution in [0.3, 0.4) is 0 Å². The first kappa shape index (κ1) is 12.7. The van der Waals surface area contributed by atoms with Crippen molar-refractivity contribution in [2.75, 3.05) is 20.8 Å². The van der Waals surface area contributed by atoms with E-state index in [1.54, 1.807) is 6.92 Å². The number of hydrogen-bond donors (Lipinski definition) is 1. The van der Waals surface area contributed by atoms with E-state index >= 15 is 0 Å². The van der Waals surface area contributed by atoms with Gasteiger partial charge in [0.15, 0.2) is 17.3 Å². The molecule has 0 bridgehead atoms. The molecular formula is C11H15F2NO2. The van der Waals surface area contributed by atoms with Crippen LogP contribution in [-0.4, -0.2) is 20.8 Å². The maximum absolute atomic E-state index is 13.6. The topological polar surface area (TPSA) is 44.5 Å². The summed E-state index contributed by atoms with van der Waals surface area (Å²) in [5, 5.41) is 0. The second-order valence-corrected chi connectivity index (χ2v) is 3.46. The molecule has 1 aromatic rings. The first-order valence-electron chi connectivity index (χ1n) is 4.86. The van der Waals surface area contributed by atoms with Crippen LogP contribution >= 0.6 is 0 Å². The Balaban J connectivity index is 3.45. The maximum Gasteiger partial charge on any atom is 0.197 e. The van der Waals surface area contributed by atoms with Crippen LogP contribution in [0.25, 0.3) is 0 Å². The van der Waals surface area contributed by atoms with Crippen LogP contribution in [0.5, 0.6) is 11.5 Å². The summed E-state index contributed by atoms with van der Waals surface area (Å²) in [5.74, 6) is -1.76. The van der Waals surface area contributed by atoms with Crippen LogP contribution in [0.1, 0.15) is 18.4 Å². The van der Waals surface area contributed by atoms with E-state index in [0.29, 0.717) is 0 Å². The van der Waals surface area contributed by atoms with Gasteiger partial charge in [0.05, 0.1) is 14.2 Å². The predicted molar refractivity (Wildman–Crippen MR) is 56.9 cm³/mol. The van der Waals surface area contributed by atoms with Crippen molar-refractivity contribution in [1.82, 2.24) is 0 Å². The van der Waals surface area contributed by atoms with Crippen LogP contribution in [0.2, 0.25) is 0 Å². The molecular weight excluding hydrogens is 216 g/mol. The summed E-state index contributed by atoms with van der Waals surface area (Å²) in [5.41, 5.74) is 5.71. The molecule has 0 amide bonds. The molecule has 1 unspecified atom stereocenters. The van der Waals surface area contributed by atoms with Gasteiger partial charge in [-0.05, 0) is 6.54 Å². The smallest absolute Gasteiger partial charge is 0.197 e. The molecule has 0 aliphatic carbocycles. The molecule has 1 aromatic carbocycles. The molecule has 0 saturated heterocycles. The standard InChI is InChI=1S/C11H15F2NO2/c1-6(5-14)9-7(12)4-8(13)10(15-2)11(9)16-3/h4,6H,5,14H2,1-3H3. The summed E-state index contributed by atoms with van der Waals surface area (Å²) in [6.45, 7) is 1.97. The molecule has 3 nitrogen and oxygen atoms in total. The fraction of sp³-hybridized carbons (Fsp3) is 0.455. The number of methoxy groups -OCH3 is 2. The van der Waals surface area contributed by atoms with E-state index in [4.69, 9.17) is 15.2 Å². The molecule has 0 fully saturated rings. The molecule has 5 heteroatoms. The number of ether oxygens (including phenoxy) is 2. The average molecular weight is 231 g/mol. The second-order valence-electron chi connectivity index (χ2n) is 3.46.